The molecule has 0 aromatic carbocycles. The highest BCUT2D eigenvalue weighted by atomic mass is 15.3. The van der Waals surface area contributed by atoms with Crippen molar-refractivity contribution in [1.29, 1.82) is 0 Å². The summed E-state index contributed by atoms with van der Waals surface area (Å²) in [6, 6.07) is 0. The standard InChI is InChI=1S/C12H20N2/c1-4-5-6-7-8-9-12-10-13-14(3)11(12)2/h8-10H,4-7H2,1-3H3/b9-8-. The molecular weight excluding hydrogens is 172 g/mol. The lowest BCUT2D eigenvalue weighted by Crippen LogP contribution is -1.92. The van der Waals surface area contributed by atoms with Gasteiger partial charge < -0.3 is 0 Å². The van der Waals surface area contributed by atoms with E-state index < -0.39 is 0 Å². The van der Waals surface area contributed by atoms with Gasteiger partial charge >= 0.3 is 0 Å². The van der Waals surface area contributed by atoms with Gasteiger partial charge in [0.1, 0.15) is 0 Å². The Morgan fingerprint density at radius 2 is 2.21 bits per heavy atom. The number of aryl methyl sites for hydroxylation is 1. The largest absolute Gasteiger partial charge is 0.272 e. The van der Waals surface area contributed by atoms with E-state index in [1.54, 1.807) is 0 Å². The average molecular weight is 192 g/mol. The molecule has 0 aliphatic carbocycles. The van der Waals surface area contributed by atoms with Gasteiger partial charge in [-0.2, -0.15) is 5.10 Å². The van der Waals surface area contributed by atoms with Gasteiger partial charge in [0.15, 0.2) is 0 Å². The second kappa shape index (κ2) is 5.63. The normalized spacial score (nSPS) is 11.4. The van der Waals surface area contributed by atoms with Crippen LogP contribution in [-0.4, -0.2) is 9.78 Å². The Hall–Kier alpha value is -1.05. The van der Waals surface area contributed by atoms with E-state index in [0.29, 0.717) is 0 Å². The maximum absolute atomic E-state index is 4.20. The van der Waals surface area contributed by atoms with Crippen molar-refractivity contribution in [2.24, 2.45) is 7.05 Å². The van der Waals surface area contributed by atoms with Crippen molar-refractivity contribution in [3.8, 4) is 0 Å². The molecule has 0 amide bonds. The minimum absolute atomic E-state index is 1.18. The fourth-order valence-corrected chi connectivity index (χ4v) is 1.40. The molecule has 0 unspecified atom stereocenters. The molecule has 1 aromatic heterocycles. The zero-order chi connectivity index (χ0) is 10.4. The van der Waals surface area contributed by atoms with Crippen molar-refractivity contribution >= 4 is 6.08 Å². The molecule has 2 heteroatoms. The predicted molar refractivity (Wildman–Crippen MR) is 61.1 cm³/mol. The van der Waals surface area contributed by atoms with Crippen LogP contribution in [0.4, 0.5) is 0 Å². The van der Waals surface area contributed by atoms with Crippen LogP contribution in [0.5, 0.6) is 0 Å². The fourth-order valence-electron chi connectivity index (χ4n) is 1.40. The summed E-state index contributed by atoms with van der Waals surface area (Å²) in [6.07, 6.45) is 11.5. The molecule has 0 aliphatic heterocycles. The monoisotopic (exact) mass is 192 g/mol. The molecule has 1 heterocycles. The first-order chi connectivity index (χ1) is 6.75. The third-order valence-electron chi connectivity index (χ3n) is 2.54. The van der Waals surface area contributed by atoms with Crippen LogP contribution in [-0.2, 0) is 7.05 Å². The van der Waals surface area contributed by atoms with Crippen molar-refractivity contribution in [2.75, 3.05) is 0 Å². The van der Waals surface area contributed by atoms with E-state index >= 15 is 0 Å². The van der Waals surface area contributed by atoms with Gasteiger partial charge in [-0.3, -0.25) is 4.68 Å². The summed E-state index contributed by atoms with van der Waals surface area (Å²) < 4.78 is 1.91. The number of unbranched alkanes of at least 4 members (excludes halogenated alkanes) is 3. The summed E-state index contributed by atoms with van der Waals surface area (Å²) in [5.74, 6) is 0. The van der Waals surface area contributed by atoms with Gasteiger partial charge in [0.2, 0.25) is 0 Å². The molecule has 1 aromatic rings. The SMILES string of the molecule is CCCCC/C=C\c1cnn(C)c1C. The molecule has 78 valence electrons. The summed E-state index contributed by atoms with van der Waals surface area (Å²) >= 11 is 0. The maximum atomic E-state index is 4.20. The van der Waals surface area contributed by atoms with Gasteiger partial charge in [-0.1, -0.05) is 31.9 Å². The first-order valence-electron chi connectivity index (χ1n) is 5.41. The van der Waals surface area contributed by atoms with Crippen LogP contribution >= 0.6 is 0 Å². The van der Waals surface area contributed by atoms with Crippen LogP contribution in [0, 0.1) is 6.92 Å². The zero-order valence-corrected chi connectivity index (χ0v) is 9.45. The molecule has 0 atom stereocenters. The Morgan fingerprint density at radius 3 is 2.79 bits per heavy atom. The van der Waals surface area contributed by atoms with Gasteiger partial charge in [0.25, 0.3) is 0 Å². The molecular formula is C12H20N2. The Balaban J connectivity index is 2.40. The number of rotatable bonds is 5. The molecule has 0 aliphatic rings. The lowest BCUT2D eigenvalue weighted by atomic mass is 10.1. The van der Waals surface area contributed by atoms with Gasteiger partial charge in [-0.15, -0.1) is 0 Å². The third-order valence-corrected chi connectivity index (χ3v) is 2.54. The molecule has 0 N–H and O–H groups in total. The number of hydrogen-bond donors (Lipinski definition) is 0. The molecule has 0 radical (unpaired) electrons. The summed E-state index contributed by atoms with van der Waals surface area (Å²) in [5, 5.41) is 4.20. The highest BCUT2D eigenvalue weighted by molar-refractivity contribution is 5.50. The second-order valence-electron chi connectivity index (χ2n) is 3.71. The predicted octanol–water partition coefficient (Wildman–Crippen LogP) is 3.32. The van der Waals surface area contributed by atoms with Crippen molar-refractivity contribution in [3.05, 3.63) is 23.5 Å². The van der Waals surface area contributed by atoms with E-state index in [1.165, 1.54) is 36.9 Å². The molecule has 1 rings (SSSR count). The van der Waals surface area contributed by atoms with Gasteiger partial charge in [0, 0.05) is 18.3 Å². The minimum atomic E-state index is 1.18. The average Bonchev–Trinajstić information content (AvgIpc) is 2.49. The summed E-state index contributed by atoms with van der Waals surface area (Å²) in [7, 11) is 1.98. The van der Waals surface area contributed by atoms with E-state index in [2.05, 4.69) is 31.1 Å². The van der Waals surface area contributed by atoms with E-state index in [1.807, 2.05) is 17.9 Å². The van der Waals surface area contributed by atoms with Gasteiger partial charge in [-0.25, -0.2) is 0 Å². The minimum Gasteiger partial charge on any atom is -0.272 e. The second-order valence-corrected chi connectivity index (χ2v) is 3.71. The maximum Gasteiger partial charge on any atom is 0.0564 e. The van der Waals surface area contributed by atoms with E-state index in [9.17, 15) is 0 Å². The molecule has 0 saturated carbocycles. The zero-order valence-electron chi connectivity index (χ0n) is 9.45. The van der Waals surface area contributed by atoms with Crippen LogP contribution in [0.3, 0.4) is 0 Å². The van der Waals surface area contributed by atoms with Gasteiger partial charge in [-0.05, 0) is 19.8 Å². The summed E-state index contributed by atoms with van der Waals surface area (Å²) in [4.78, 5) is 0. The Labute approximate surface area is 86.6 Å². The van der Waals surface area contributed by atoms with Crippen LogP contribution in [0.1, 0.15) is 43.9 Å². The fraction of sp³-hybridized carbons (Fsp3) is 0.583. The topological polar surface area (TPSA) is 17.8 Å². The van der Waals surface area contributed by atoms with E-state index in [0.717, 1.165) is 0 Å². The number of nitrogens with zero attached hydrogens (tertiary/aromatic N) is 2. The lowest BCUT2D eigenvalue weighted by molar-refractivity contribution is 0.730. The Morgan fingerprint density at radius 1 is 1.43 bits per heavy atom. The van der Waals surface area contributed by atoms with Crippen LogP contribution in [0.25, 0.3) is 6.08 Å². The first kappa shape index (κ1) is 11.0. The van der Waals surface area contributed by atoms with Crippen LogP contribution in [0.2, 0.25) is 0 Å². The first-order valence-corrected chi connectivity index (χ1v) is 5.41. The van der Waals surface area contributed by atoms with Crippen LogP contribution < -0.4 is 0 Å². The number of allylic oxidation sites excluding steroid dienone is 1. The molecule has 2 nitrogen and oxygen atoms in total. The smallest absolute Gasteiger partial charge is 0.0564 e. The summed E-state index contributed by atoms with van der Waals surface area (Å²) in [6.45, 7) is 4.33. The Bertz CT molecular complexity index is 297. The number of aromatic nitrogens is 2. The molecule has 0 bridgehead atoms. The highest BCUT2D eigenvalue weighted by Crippen LogP contribution is 2.09. The lowest BCUT2D eigenvalue weighted by Gasteiger charge is -1.94. The molecule has 14 heavy (non-hydrogen) atoms. The third kappa shape index (κ3) is 3.02. The molecule has 0 spiro atoms. The summed E-state index contributed by atoms with van der Waals surface area (Å²) in [5.41, 5.74) is 2.47. The van der Waals surface area contributed by atoms with E-state index in [4.69, 9.17) is 0 Å². The molecule has 0 saturated heterocycles. The van der Waals surface area contributed by atoms with Crippen molar-refractivity contribution in [1.82, 2.24) is 9.78 Å². The van der Waals surface area contributed by atoms with Crippen molar-refractivity contribution in [3.63, 3.8) is 0 Å². The van der Waals surface area contributed by atoms with E-state index in [-0.39, 0.29) is 0 Å². The molecule has 0 fully saturated rings. The van der Waals surface area contributed by atoms with Crippen molar-refractivity contribution in [2.45, 2.75) is 39.5 Å². The quantitative estimate of drug-likeness (QED) is 0.654. The van der Waals surface area contributed by atoms with Crippen molar-refractivity contribution < 1.29 is 0 Å². The Kier molecular flexibility index (Phi) is 4.44. The number of hydrogen-bond acceptors (Lipinski definition) is 1. The van der Waals surface area contributed by atoms with Gasteiger partial charge in [0.05, 0.1) is 6.20 Å². The highest BCUT2D eigenvalue weighted by Gasteiger charge is 1.97. The van der Waals surface area contributed by atoms with Crippen LogP contribution in [0.15, 0.2) is 12.3 Å².